The molecule has 2 aromatic rings. The van der Waals surface area contributed by atoms with Crippen molar-refractivity contribution in [3.63, 3.8) is 0 Å². The second-order valence-corrected chi connectivity index (χ2v) is 5.70. The molecule has 0 radical (unpaired) electrons. The predicted molar refractivity (Wildman–Crippen MR) is 86.2 cm³/mol. The third-order valence-corrected chi connectivity index (χ3v) is 4.19. The van der Waals surface area contributed by atoms with Crippen molar-refractivity contribution in [2.75, 3.05) is 7.11 Å². The lowest BCUT2D eigenvalue weighted by molar-refractivity contribution is -0.122. The Balaban J connectivity index is 2.04. The van der Waals surface area contributed by atoms with E-state index >= 15 is 0 Å². The van der Waals surface area contributed by atoms with E-state index in [0.29, 0.717) is 16.3 Å². The van der Waals surface area contributed by atoms with Gasteiger partial charge in [0.1, 0.15) is 6.54 Å². The summed E-state index contributed by atoms with van der Waals surface area (Å²) in [5.41, 5.74) is 2.08. The molecule has 0 fully saturated rings. The summed E-state index contributed by atoms with van der Waals surface area (Å²) in [6, 6.07) is 4.26. The van der Waals surface area contributed by atoms with Gasteiger partial charge in [0, 0.05) is 0 Å². The van der Waals surface area contributed by atoms with Crippen molar-refractivity contribution in [2.24, 2.45) is 0 Å². The number of halogens is 2. The highest BCUT2D eigenvalue weighted by molar-refractivity contribution is 6.31. The average molecular weight is 340 g/mol. The summed E-state index contributed by atoms with van der Waals surface area (Å²) in [4.78, 5) is 12.1. The summed E-state index contributed by atoms with van der Waals surface area (Å²) in [6.07, 6.45) is 0. The minimum Gasteiger partial charge on any atom is -0.494 e. The normalized spacial score (nSPS) is 12.1. The Kier molecular flexibility index (Phi) is 5.26. The molecule has 1 aromatic carbocycles. The van der Waals surface area contributed by atoms with Gasteiger partial charge < -0.3 is 10.1 Å². The average Bonchev–Trinajstić information content (AvgIpc) is 2.74. The molecule has 0 aliphatic carbocycles. The number of benzene rings is 1. The maximum Gasteiger partial charge on any atom is 0.242 e. The van der Waals surface area contributed by atoms with E-state index in [0.717, 1.165) is 5.69 Å². The number of ether oxygens (including phenoxy) is 1. The van der Waals surface area contributed by atoms with Gasteiger partial charge in [-0.25, -0.2) is 4.39 Å². The molecule has 1 N–H and O–H groups in total. The van der Waals surface area contributed by atoms with Gasteiger partial charge in [0.05, 0.1) is 29.6 Å². The van der Waals surface area contributed by atoms with Crippen LogP contribution >= 0.6 is 11.6 Å². The minimum atomic E-state index is -0.462. The van der Waals surface area contributed by atoms with Gasteiger partial charge in [0.15, 0.2) is 11.6 Å². The zero-order valence-electron chi connectivity index (χ0n) is 13.5. The maximum absolute atomic E-state index is 13.7. The first-order valence-corrected chi connectivity index (χ1v) is 7.53. The lowest BCUT2D eigenvalue weighted by Gasteiger charge is -2.15. The van der Waals surface area contributed by atoms with Crippen LogP contribution in [0.5, 0.6) is 5.75 Å². The molecule has 0 saturated carbocycles. The van der Waals surface area contributed by atoms with Crippen molar-refractivity contribution in [3.8, 4) is 5.75 Å². The fourth-order valence-electron chi connectivity index (χ4n) is 2.29. The SMILES string of the molecule is COc1ccc(C(C)NC(=O)Cn2nc(C)c(Cl)c2C)cc1F. The van der Waals surface area contributed by atoms with E-state index in [-0.39, 0.29) is 24.2 Å². The van der Waals surface area contributed by atoms with E-state index in [2.05, 4.69) is 10.4 Å². The van der Waals surface area contributed by atoms with Crippen molar-refractivity contribution in [1.29, 1.82) is 0 Å². The first kappa shape index (κ1) is 17.3. The van der Waals surface area contributed by atoms with E-state index in [1.165, 1.54) is 19.2 Å². The molecule has 0 aliphatic heterocycles. The smallest absolute Gasteiger partial charge is 0.242 e. The molecular weight excluding hydrogens is 321 g/mol. The molecule has 7 heteroatoms. The summed E-state index contributed by atoms with van der Waals surface area (Å²) >= 11 is 6.06. The molecule has 23 heavy (non-hydrogen) atoms. The molecule has 0 bridgehead atoms. The molecule has 1 amide bonds. The van der Waals surface area contributed by atoms with Crippen LogP contribution in [-0.4, -0.2) is 22.8 Å². The molecule has 0 spiro atoms. The van der Waals surface area contributed by atoms with Gasteiger partial charge in [0.25, 0.3) is 0 Å². The lowest BCUT2D eigenvalue weighted by atomic mass is 10.1. The molecule has 1 aromatic heterocycles. The van der Waals surface area contributed by atoms with Gasteiger partial charge in [-0.2, -0.15) is 5.10 Å². The highest BCUT2D eigenvalue weighted by Crippen LogP contribution is 2.22. The number of hydrogen-bond acceptors (Lipinski definition) is 3. The van der Waals surface area contributed by atoms with Crippen molar-refractivity contribution < 1.29 is 13.9 Å². The number of carbonyl (C=O) groups excluding carboxylic acids is 1. The molecule has 1 unspecified atom stereocenters. The number of carbonyl (C=O) groups is 1. The Labute approximate surface area is 139 Å². The van der Waals surface area contributed by atoms with Crippen LogP contribution in [0.2, 0.25) is 5.02 Å². The monoisotopic (exact) mass is 339 g/mol. The molecule has 0 saturated heterocycles. The minimum absolute atomic E-state index is 0.0579. The van der Waals surface area contributed by atoms with Gasteiger partial charge in [0.2, 0.25) is 5.91 Å². The second kappa shape index (κ2) is 7.00. The van der Waals surface area contributed by atoms with Crippen LogP contribution in [-0.2, 0) is 11.3 Å². The second-order valence-electron chi connectivity index (χ2n) is 5.33. The highest BCUT2D eigenvalue weighted by atomic mass is 35.5. The van der Waals surface area contributed by atoms with Gasteiger partial charge in [-0.3, -0.25) is 9.48 Å². The van der Waals surface area contributed by atoms with Gasteiger partial charge in [-0.15, -0.1) is 0 Å². The van der Waals surface area contributed by atoms with Gasteiger partial charge >= 0.3 is 0 Å². The van der Waals surface area contributed by atoms with Crippen molar-refractivity contribution in [3.05, 3.63) is 46.0 Å². The van der Waals surface area contributed by atoms with E-state index in [1.807, 2.05) is 0 Å². The van der Waals surface area contributed by atoms with E-state index in [9.17, 15) is 9.18 Å². The topological polar surface area (TPSA) is 56.1 Å². The number of nitrogens with one attached hydrogen (secondary N) is 1. The number of amides is 1. The van der Waals surface area contributed by atoms with Crippen LogP contribution in [0.3, 0.4) is 0 Å². The summed E-state index contributed by atoms with van der Waals surface area (Å²) in [7, 11) is 1.41. The molecule has 2 rings (SSSR count). The lowest BCUT2D eigenvalue weighted by Crippen LogP contribution is -2.30. The third-order valence-electron chi connectivity index (χ3n) is 3.64. The fraction of sp³-hybridized carbons (Fsp3) is 0.375. The Hall–Kier alpha value is -2.08. The van der Waals surface area contributed by atoms with E-state index in [1.54, 1.807) is 31.5 Å². The van der Waals surface area contributed by atoms with Crippen LogP contribution in [0, 0.1) is 19.7 Å². The van der Waals surface area contributed by atoms with Crippen LogP contribution < -0.4 is 10.1 Å². The molecule has 1 heterocycles. The molecular formula is C16H19ClFN3O2. The largest absolute Gasteiger partial charge is 0.494 e. The van der Waals surface area contributed by atoms with Crippen LogP contribution in [0.25, 0.3) is 0 Å². The van der Waals surface area contributed by atoms with Crippen LogP contribution in [0.15, 0.2) is 18.2 Å². The standard InChI is InChI=1S/C16H19ClFN3O2/c1-9(12-5-6-14(23-4)13(18)7-12)19-15(22)8-21-11(3)16(17)10(2)20-21/h5-7,9H,8H2,1-4H3,(H,19,22). The van der Waals surface area contributed by atoms with Crippen molar-refractivity contribution in [1.82, 2.24) is 15.1 Å². The number of nitrogens with zero attached hydrogens (tertiary/aromatic N) is 2. The summed E-state index contributed by atoms with van der Waals surface area (Å²) in [5, 5.41) is 7.59. The summed E-state index contributed by atoms with van der Waals surface area (Å²) < 4.78 is 20.2. The molecule has 124 valence electrons. The van der Waals surface area contributed by atoms with E-state index in [4.69, 9.17) is 16.3 Å². The Morgan fingerprint density at radius 3 is 2.70 bits per heavy atom. The summed E-state index contributed by atoms with van der Waals surface area (Å²) in [6.45, 7) is 5.43. The maximum atomic E-state index is 13.7. The van der Waals surface area contributed by atoms with Crippen molar-refractivity contribution >= 4 is 17.5 Å². The summed E-state index contributed by atoms with van der Waals surface area (Å²) in [5.74, 6) is -0.517. The first-order chi connectivity index (χ1) is 10.8. The number of aromatic nitrogens is 2. The van der Waals surface area contributed by atoms with E-state index < -0.39 is 5.82 Å². The molecule has 1 atom stereocenters. The zero-order chi connectivity index (χ0) is 17.1. The van der Waals surface area contributed by atoms with Crippen LogP contribution in [0.4, 0.5) is 4.39 Å². The fourth-order valence-corrected chi connectivity index (χ4v) is 2.42. The highest BCUT2D eigenvalue weighted by Gasteiger charge is 2.15. The number of hydrogen-bond donors (Lipinski definition) is 1. The van der Waals surface area contributed by atoms with Crippen LogP contribution in [0.1, 0.15) is 29.9 Å². The Bertz CT molecular complexity index is 730. The van der Waals surface area contributed by atoms with Gasteiger partial charge in [-0.05, 0) is 38.5 Å². The molecule has 5 nitrogen and oxygen atoms in total. The first-order valence-electron chi connectivity index (χ1n) is 7.15. The molecule has 0 aliphatic rings. The Morgan fingerprint density at radius 1 is 1.48 bits per heavy atom. The van der Waals surface area contributed by atoms with Crippen molar-refractivity contribution in [2.45, 2.75) is 33.4 Å². The number of aryl methyl sites for hydroxylation is 1. The third kappa shape index (κ3) is 3.82. The predicted octanol–water partition coefficient (Wildman–Crippen LogP) is 3.18. The number of rotatable bonds is 5. The zero-order valence-corrected chi connectivity index (χ0v) is 14.2. The quantitative estimate of drug-likeness (QED) is 0.910. The number of methoxy groups -OCH3 is 1. The van der Waals surface area contributed by atoms with Gasteiger partial charge in [-0.1, -0.05) is 17.7 Å². The Morgan fingerprint density at radius 2 is 2.17 bits per heavy atom.